The number of fused-ring (bicyclic) bond motifs is 1. The molecule has 0 atom stereocenters. The van der Waals surface area contributed by atoms with Crippen molar-refractivity contribution in [2.75, 3.05) is 19.5 Å². The van der Waals surface area contributed by atoms with Gasteiger partial charge in [-0.25, -0.2) is 8.42 Å². The Labute approximate surface area is 123 Å². The van der Waals surface area contributed by atoms with Crippen LogP contribution in [0.5, 0.6) is 11.5 Å². The lowest BCUT2D eigenvalue weighted by Crippen LogP contribution is -2.15. The summed E-state index contributed by atoms with van der Waals surface area (Å²) in [6.07, 6.45) is 2.80. The van der Waals surface area contributed by atoms with Gasteiger partial charge in [0.25, 0.3) is 0 Å². The average molecular weight is 305 g/mol. The van der Waals surface area contributed by atoms with Crippen LogP contribution in [0.4, 0.5) is 0 Å². The van der Waals surface area contributed by atoms with E-state index in [-0.39, 0.29) is 5.75 Å². The maximum absolute atomic E-state index is 11.3. The fourth-order valence-corrected chi connectivity index (χ4v) is 2.96. The summed E-state index contributed by atoms with van der Waals surface area (Å²) in [6, 6.07) is 9.24. The fraction of sp³-hybridized carbons (Fsp3) is 0.267. The molecule has 3 rings (SSSR count). The van der Waals surface area contributed by atoms with Gasteiger partial charge in [-0.2, -0.15) is 0 Å². The maximum Gasteiger partial charge on any atom is 0.162 e. The molecule has 5 nitrogen and oxygen atoms in total. The molecule has 0 saturated heterocycles. The van der Waals surface area contributed by atoms with Crippen molar-refractivity contribution >= 4 is 9.84 Å². The van der Waals surface area contributed by atoms with Crippen LogP contribution >= 0.6 is 0 Å². The van der Waals surface area contributed by atoms with Crippen molar-refractivity contribution < 1.29 is 17.9 Å². The van der Waals surface area contributed by atoms with Crippen molar-refractivity contribution in [3.05, 3.63) is 42.1 Å². The summed E-state index contributed by atoms with van der Waals surface area (Å²) in [5.74, 6) is 1.45. The number of ether oxygens (including phenoxy) is 2. The summed E-state index contributed by atoms with van der Waals surface area (Å²) in [4.78, 5) is 4.32. The van der Waals surface area contributed by atoms with Crippen molar-refractivity contribution in [3.8, 4) is 22.8 Å². The van der Waals surface area contributed by atoms with Gasteiger partial charge in [-0.05, 0) is 29.8 Å². The minimum atomic E-state index is -3.04. The van der Waals surface area contributed by atoms with Crippen LogP contribution in [0.3, 0.4) is 0 Å². The number of hydrogen-bond acceptors (Lipinski definition) is 5. The Balaban J connectivity index is 1.87. The van der Waals surface area contributed by atoms with Crippen LogP contribution in [0.15, 0.2) is 36.5 Å². The second kappa shape index (κ2) is 5.37. The van der Waals surface area contributed by atoms with Crippen LogP contribution in [-0.2, 0) is 15.6 Å². The number of pyridine rings is 1. The molecule has 110 valence electrons. The first kappa shape index (κ1) is 13.9. The Kier molecular flexibility index (Phi) is 3.55. The molecule has 0 N–H and O–H groups in total. The van der Waals surface area contributed by atoms with Crippen molar-refractivity contribution in [3.63, 3.8) is 0 Å². The second-order valence-corrected chi connectivity index (χ2v) is 7.12. The molecule has 1 aliphatic heterocycles. The molecule has 0 fully saturated rings. The summed E-state index contributed by atoms with van der Waals surface area (Å²) >= 11 is 0. The van der Waals surface area contributed by atoms with Crippen LogP contribution in [-0.4, -0.2) is 32.9 Å². The number of sulfone groups is 1. The molecular weight excluding hydrogens is 290 g/mol. The molecule has 0 saturated carbocycles. The number of hydrogen-bond donors (Lipinski definition) is 0. The van der Waals surface area contributed by atoms with Gasteiger partial charge in [0.15, 0.2) is 21.3 Å². The van der Waals surface area contributed by atoms with Gasteiger partial charge in [-0.1, -0.05) is 6.07 Å². The van der Waals surface area contributed by atoms with Crippen molar-refractivity contribution in [1.29, 1.82) is 0 Å². The molecule has 0 radical (unpaired) electrons. The van der Waals surface area contributed by atoms with Crippen LogP contribution in [0.2, 0.25) is 0 Å². The molecule has 0 unspecified atom stereocenters. The van der Waals surface area contributed by atoms with E-state index in [4.69, 9.17) is 9.47 Å². The third kappa shape index (κ3) is 3.33. The van der Waals surface area contributed by atoms with Gasteiger partial charge < -0.3 is 9.47 Å². The van der Waals surface area contributed by atoms with E-state index in [9.17, 15) is 8.42 Å². The zero-order valence-electron chi connectivity index (χ0n) is 11.6. The van der Waals surface area contributed by atoms with Crippen molar-refractivity contribution in [1.82, 2.24) is 4.98 Å². The van der Waals surface area contributed by atoms with Crippen LogP contribution in [0.1, 0.15) is 5.56 Å². The van der Waals surface area contributed by atoms with Gasteiger partial charge in [-0.15, -0.1) is 0 Å². The first-order chi connectivity index (χ1) is 10.0. The van der Waals surface area contributed by atoms with Gasteiger partial charge in [-0.3, -0.25) is 4.98 Å². The molecule has 0 amide bonds. The third-order valence-corrected chi connectivity index (χ3v) is 3.95. The molecular formula is C15H15NO4S. The lowest BCUT2D eigenvalue weighted by molar-refractivity contribution is 0.171. The molecule has 0 bridgehead atoms. The predicted molar refractivity (Wildman–Crippen MR) is 79.2 cm³/mol. The highest BCUT2D eigenvalue weighted by Gasteiger charge is 2.13. The highest BCUT2D eigenvalue weighted by molar-refractivity contribution is 7.89. The van der Waals surface area contributed by atoms with E-state index in [1.54, 1.807) is 12.3 Å². The monoisotopic (exact) mass is 305 g/mol. The van der Waals surface area contributed by atoms with Gasteiger partial charge in [0.2, 0.25) is 0 Å². The largest absolute Gasteiger partial charge is 0.486 e. The summed E-state index contributed by atoms with van der Waals surface area (Å²) in [5, 5.41) is 0. The number of rotatable bonds is 3. The zero-order chi connectivity index (χ0) is 14.9. The number of nitrogens with zero attached hydrogens (tertiary/aromatic N) is 1. The topological polar surface area (TPSA) is 65.5 Å². The minimum absolute atomic E-state index is 0.00141. The molecule has 1 aromatic heterocycles. The van der Waals surface area contributed by atoms with Gasteiger partial charge in [0.1, 0.15) is 13.2 Å². The van der Waals surface area contributed by atoms with E-state index in [1.165, 1.54) is 6.26 Å². The molecule has 1 aromatic carbocycles. The Hall–Kier alpha value is -2.08. The summed E-state index contributed by atoms with van der Waals surface area (Å²) in [6.45, 7) is 1.10. The molecule has 0 spiro atoms. The Morgan fingerprint density at radius 1 is 1.10 bits per heavy atom. The summed E-state index contributed by atoms with van der Waals surface area (Å²) < 4.78 is 33.5. The van der Waals surface area contributed by atoms with Crippen molar-refractivity contribution in [2.45, 2.75) is 5.75 Å². The zero-order valence-corrected chi connectivity index (χ0v) is 12.4. The number of benzene rings is 1. The standard InChI is InChI=1S/C15H15NO4S/c1-21(17,18)10-11-2-4-13(16-9-11)12-3-5-14-15(8-12)20-7-6-19-14/h2-5,8-9H,6-7,10H2,1H3. The minimum Gasteiger partial charge on any atom is -0.486 e. The van der Waals surface area contributed by atoms with Crippen molar-refractivity contribution in [2.24, 2.45) is 0 Å². The molecule has 1 aliphatic rings. The third-order valence-electron chi connectivity index (χ3n) is 3.09. The molecule has 6 heteroatoms. The lowest BCUT2D eigenvalue weighted by Gasteiger charge is -2.18. The predicted octanol–water partition coefficient (Wildman–Crippen LogP) is 2.06. The van der Waals surface area contributed by atoms with E-state index in [0.29, 0.717) is 24.5 Å². The lowest BCUT2D eigenvalue weighted by atomic mass is 10.1. The number of aromatic nitrogens is 1. The highest BCUT2D eigenvalue weighted by atomic mass is 32.2. The highest BCUT2D eigenvalue weighted by Crippen LogP contribution is 2.33. The summed E-state index contributed by atoms with van der Waals surface area (Å²) in [5.41, 5.74) is 2.35. The van der Waals surface area contributed by atoms with Crippen LogP contribution in [0.25, 0.3) is 11.3 Å². The van der Waals surface area contributed by atoms with Gasteiger partial charge >= 0.3 is 0 Å². The van der Waals surface area contributed by atoms with E-state index in [2.05, 4.69) is 4.98 Å². The first-order valence-corrected chi connectivity index (χ1v) is 8.60. The Morgan fingerprint density at radius 2 is 1.86 bits per heavy atom. The second-order valence-electron chi connectivity index (χ2n) is 4.98. The first-order valence-electron chi connectivity index (χ1n) is 6.54. The van der Waals surface area contributed by atoms with E-state index in [0.717, 1.165) is 17.0 Å². The molecule has 0 aliphatic carbocycles. The van der Waals surface area contributed by atoms with Gasteiger partial charge in [0, 0.05) is 18.0 Å². The smallest absolute Gasteiger partial charge is 0.162 e. The quantitative estimate of drug-likeness (QED) is 0.868. The van der Waals surface area contributed by atoms with E-state index in [1.807, 2.05) is 24.3 Å². The maximum atomic E-state index is 11.3. The van der Waals surface area contributed by atoms with E-state index < -0.39 is 9.84 Å². The Morgan fingerprint density at radius 3 is 2.52 bits per heavy atom. The van der Waals surface area contributed by atoms with E-state index >= 15 is 0 Å². The Bertz CT molecular complexity index is 754. The molecule has 2 aromatic rings. The molecule has 2 heterocycles. The fourth-order valence-electron chi connectivity index (χ4n) is 2.19. The van der Waals surface area contributed by atoms with Crippen LogP contribution in [0, 0.1) is 0 Å². The van der Waals surface area contributed by atoms with Crippen LogP contribution < -0.4 is 9.47 Å². The normalized spacial score (nSPS) is 14.0. The molecule has 21 heavy (non-hydrogen) atoms. The average Bonchev–Trinajstić information content (AvgIpc) is 2.46. The van der Waals surface area contributed by atoms with Gasteiger partial charge in [0.05, 0.1) is 11.4 Å². The summed E-state index contributed by atoms with van der Waals surface area (Å²) in [7, 11) is -3.04. The SMILES string of the molecule is CS(=O)(=O)Cc1ccc(-c2ccc3c(c2)OCCO3)nc1.